The van der Waals surface area contributed by atoms with Crippen LogP contribution in [0, 0.1) is 5.82 Å². The standard InChI is InChI=1S/C15H10FN3OS2/c16-10-4-2-1-3-9(10)8-17-13(20)12-7-11-14(22-12)18-15-19(11)5-6-21-15/h1-7H,8H2,(H,17,20). The van der Waals surface area contributed by atoms with Gasteiger partial charge in [-0.15, -0.1) is 22.7 Å². The van der Waals surface area contributed by atoms with Crippen molar-refractivity contribution < 1.29 is 9.18 Å². The smallest absolute Gasteiger partial charge is 0.261 e. The number of imidazole rings is 1. The minimum atomic E-state index is -0.315. The Labute approximate surface area is 132 Å². The Bertz CT molecular complexity index is 985. The van der Waals surface area contributed by atoms with Crippen LogP contribution >= 0.6 is 22.7 Å². The van der Waals surface area contributed by atoms with Gasteiger partial charge in [0.15, 0.2) is 4.96 Å². The molecule has 0 fully saturated rings. The molecule has 0 bridgehead atoms. The normalized spacial score (nSPS) is 11.3. The van der Waals surface area contributed by atoms with E-state index in [2.05, 4.69) is 10.3 Å². The van der Waals surface area contributed by atoms with Crippen molar-refractivity contribution in [2.24, 2.45) is 0 Å². The number of carbonyl (C=O) groups is 1. The molecule has 7 heteroatoms. The largest absolute Gasteiger partial charge is 0.347 e. The van der Waals surface area contributed by atoms with Gasteiger partial charge in [-0.3, -0.25) is 9.20 Å². The fraction of sp³-hybridized carbons (Fsp3) is 0.0667. The minimum Gasteiger partial charge on any atom is -0.347 e. The van der Waals surface area contributed by atoms with Crippen LogP contribution in [0.25, 0.3) is 15.3 Å². The van der Waals surface area contributed by atoms with Crippen molar-refractivity contribution in [2.45, 2.75) is 6.54 Å². The van der Waals surface area contributed by atoms with Gasteiger partial charge in [-0.1, -0.05) is 18.2 Å². The Morgan fingerprint density at radius 1 is 1.36 bits per heavy atom. The summed E-state index contributed by atoms with van der Waals surface area (Å²) in [4.78, 5) is 19.0. The predicted octanol–water partition coefficient (Wildman–Crippen LogP) is 3.68. The molecule has 0 atom stereocenters. The van der Waals surface area contributed by atoms with E-state index >= 15 is 0 Å². The summed E-state index contributed by atoms with van der Waals surface area (Å²) in [7, 11) is 0. The van der Waals surface area contributed by atoms with Crippen molar-refractivity contribution in [1.29, 1.82) is 0 Å². The van der Waals surface area contributed by atoms with E-state index in [-0.39, 0.29) is 18.3 Å². The average molecular weight is 331 g/mol. The number of nitrogens with zero attached hydrogens (tertiary/aromatic N) is 2. The zero-order valence-electron chi connectivity index (χ0n) is 11.2. The number of hydrogen-bond donors (Lipinski definition) is 1. The molecule has 22 heavy (non-hydrogen) atoms. The molecule has 0 unspecified atom stereocenters. The Morgan fingerprint density at radius 3 is 3.09 bits per heavy atom. The fourth-order valence-corrected chi connectivity index (χ4v) is 3.98. The van der Waals surface area contributed by atoms with E-state index in [9.17, 15) is 9.18 Å². The fourth-order valence-electron chi connectivity index (χ4n) is 2.26. The molecule has 0 aliphatic rings. The van der Waals surface area contributed by atoms with Crippen LogP contribution in [0.4, 0.5) is 4.39 Å². The van der Waals surface area contributed by atoms with E-state index in [1.165, 1.54) is 17.4 Å². The monoisotopic (exact) mass is 331 g/mol. The first kappa shape index (κ1) is 13.4. The van der Waals surface area contributed by atoms with Gasteiger partial charge in [-0.25, -0.2) is 9.37 Å². The predicted molar refractivity (Wildman–Crippen MR) is 86.0 cm³/mol. The average Bonchev–Trinajstić information content (AvgIpc) is 3.17. The molecule has 4 rings (SSSR count). The summed E-state index contributed by atoms with van der Waals surface area (Å²) in [6, 6.07) is 8.24. The molecule has 4 nitrogen and oxygen atoms in total. The molecule has 0 aliphatic carbocycles. The summed E-state index contributed by atoms with van der Waals surface area (Å²) in [5, 5.41) is 4.70. The molecule has 1 aromatic carbocycles. The van der Waals surface area contributed by atoms with Crippen LogP contribution in [0.2, 0.25) is 0 Å². The van der Waals surface area contributed by atoms with Gasteiger partial charge < -0.3 is 5.32 Å². The van der Waals surface area contributed by atoms with Gasteiger partial charge in [-0.2, -0.15) is 0 Å². The number of halogens is 1. The zero-order chi connectivity index (χ0) is 15.1. The first-order valence-electron chi connectivity index (χ1n) is 6.59. The zero-order valence-corrected chi connectivity index (χ0v) is 12.9. The lowest BCUT2D eigenvalue weighted by molar-refractivity contribution is 0.0954. The quantitative estimate of drug-likeness (QED) is 0.622. The van der Waals surface area contributed by atoms with Crippen LogP contribution in [-0.2, 0) is 6.54 Å². The molecule has 0 saturated heterocycles. The van der Waals surface area contributed by atoms with Gasteiger partial charge in [0.2, 0.25) is 0 Å². The van der Waals surface area contributed by atoms with Gasteiger partial charge in [-0.05, 0) is 12.1 Å². The number of benzene rings is 1. The third kappa shape index (κ3) is 2.18. The summed E-state index contributed by atoms with van der Waals surface area (Å²) < 4.78 is 15.5. The maximum absolute atomic E-state index is 13.5. The topological polar surface area (TPSA) is 46.4 Å². The number of fused-ring (bicyclic) bond motifs is 3. The summed E-state index contributed by atoms with van der Waals surface area (Å²) >= 11 is 2.90. The molecule has 110 valence electrons. The Hall–Kier alpha value is -2.25. The highest BCUT2D eigenvalue weighted by molar-refractivity contribution is 7.21. The van der Waals surface area contributed by atoms with Gasteiger partial charge in [0, 0.05) is 23.7 Å². The number of nitrogens with one attached hydrogen (secondary N) is 1. The molecular formula is C15H10FN3OS2. The molecule has 0 saturated carbocycles. The molecule has 4 aromatic rings. The van der Waals surface area contributed by atoms with E-state index in [0.717, 1.165) is 15.3 Å². The summed E-state index contributed by atoms with van der Waals surface area (Å²) in [5.74, 6) is -0.528. The SMILES string of the molecule is O=C(NCc1ccccc1F)c1cc2c(nc3sccn32)s1. The maximum Gasteiger partial charge on any atom is 0.261 e. The van der Waals surface area contributed by atoms with Gasteiger partial charge in [0.05, 0.1) is 10.4 Å². The lowest BCUT2D eigenvalue weighted by Crippen LogP contribution is -2.22. The number of aromatic nitrogens is 2. The third-order valence-electron chi connectivity index (χ3n) is 3.36. The molecule has 3 heterocycles. The first-order valence-corrected chi connectivity index (χ1v) is 8.29. The van der Waals surface area contributed by atoms with Crippen LogP contribution in [-0.4, -0.2) is 15.3 Å². The number of thiazole rings is 1. The number of thiophene rings is 1. The lowest BCUT2D eigenvalue weighted by atomic mass is 10.2. The van der Waals surface area contributed by atoms with E-state index < -0.39 is 0 Å². The van der Waals surface area contributed by atoms with Gasteiger partial charge in [0.25, 0.3) is 5.91 Å². The van der Waals surface area contributed by atoms with Gasteiger partial charge >= 0.3 is 0 Å². The highest BCUT2D eigenvalue weighted by Crippen LogP contribution is 2.28. The minimum absolute atomic E-state index is 0.169. The van der Waals surface area contributed by atoms with Crippen LogP contribution in [0.1, 0.15) is 15.2 Å². The molecule has 1 N–H and O–H groups in total. The lowest BCUT2D eigenvalue weighted by Gasteiger charge is -2.04. The Morgan fingerprint density at radius 2 is 2.23 bits per heavy atom. The first-order chi connectivity index (χ1) is 10.7. The number of hydrogen-bond acceptors (Lipinski definition) is 4. The van der Waals surface area contributed by atoms with Crippen molar-refractivity contribution in [3.63, 3.8) is 0 Å². The van der Waals surface area contributed by atoms with Crippen LogP contribution in [0.5, 0.6) is 0 Å². The molecular weight excluding hydrogens is 321 g/mol. The van der Waals surface area contributed by atoms with Crippen molar-refractivity contribution in [1.82, 2.24) is 14.7 Å². The van der Waals surface area contributed by atoms with Crippen molar-refractivity contribution in [3.8, 4) is 0 Å². The van der Waals surface area contributed by atoms with Crippen LogP contribution in [0.15, 0.2) is 41.9 Å². The van der Waals surface area contributed by atoms with E-state index in [1.807, 2.05) is 22.0 Å². The van der Waals surface area contributed by atoms with Gasteiger partial charge in [0.1, 0.15) is 10.6 Å². The Kier molecular flexibility index (Phi) is 3.16. The highest BCUT2D eigenvalue weighted by atomic mass is 32.1. The number of amides is 1. The van der Waals surface area contributed by atoms with Crippen molar-refractivity contribution in [2.75, 3.05) is 0 Å². The number of carbonyl (C=O) groups excluding carboxylic acids is 1. The van der Waals surface area contributed by atoms with E-state index in [0.29, 0.717) is 10.4 Å². The second kappa shape index (κ2) is 5.19. The summed E-state index contributed by atoms with van der Waals surface area (Å²) in [5.41, 5.74) is 1.40. The third-order valence-corrected chi connectivity index (χ3v) is 5.13. The number of rotatable bonds is 3. The molecule has 1 amide bonds. The Balaban J connectivity index is 1.57. The summed E-state index contributed by atoms with van der Waals surface area (Å²) in [6.45, 7) is 0.169. The van der Waals surface area contributed by atoms with Crippen LogP contribution in [0.3, 0.4) is 0 Å². The van der Waals surface area contributed by atoms with Crippen molar-refractivity contribution >= 4 is 43.9 Å². The molecule has 0 aliphatic heterocycles. The summed E-state index contributed by atoms with van der Waals surface area (Å²) in [6.07, 6.45) is 1.93. The van der Waals surface area contributed by atoms with Crippen LogP contribution < -0.4 is 5.32 Å². The van der Waals surface area contributed by atoms with Crippen molar-refractivity contribution in [3.05, 3.63) is 58.2 Å². The maximum atomic E-state index is 13.5. The second-order valence-electron chi connectivity index (χ2n) is 4.74. The molecule has 0 radical (unpaired) electrons. The second-order valence-corrected chi connectivity index (χ2v) is 6.65. The van der Waals surface area contributed by atoms with E-state index in [4.69, 9.17) is 0 Å². The molecule has 0 spiro atoms. The molecule has 3 aromatic heterocycles. The highest BCUT2D eigenvalue weighted by Gasteiger charge is 2.15. The van der Waals surface area contributed by atoms with E-state index in [1.54, 1.807) is 29.5 Å².